The number of carbonyl (C=O) groups excluding carboxylic acids is 1. The van der Waals surface area contributed by atoms with Gasteiger partial charge in [-0.25, -0.2) is 0 Å². The first kappa shape index (κ1) is 20.0. The zero-order chi connectivity index (χ0) is 15.6. The zero-order valence-corrected chi connectivity index (χ0v) is 15.7. The van der Waals surface area contributed by atoms with Crippen LogP contribution in [-0.2, 0) is 22.8 Å². The summed E-state index contributed by atoms with van der Waals surface area (Å²) in [5.74, 6) is -0.326. The van der Waals surface area contributed by atoms with Gasteiger partial charge in [0, 0.05) is 25.9 Å². The van der Waals surface area contributed by atoms with Crippen LogP contribution in [0.25, 0.3) is 0 Å². The second-order valence-corrected chi connectivity index (χ2v) is 8.50. The molecule has 0 amide bonds. The molecule has 20 heavy (non-hydrogen) atoms. The van der Waals surface area contributed by atoms with E-state index in [9.17, 15) is 4.79 Å². The summed E-state index contributed by atoms with van der Waals surface area (Å²) in [7, 11) is -2.70. The van der Waals surface area contributed by atoms with E-state index in [1.54, 1.807) is 0 Å². The summed E-state index contributed by atoms with van der Waals surface area (Å²) in [6.07, 6.45) is 0. The summed E-state index contributed by atoms with van der Waals surface area (Å²) in [5.41, 5.74) is 0. The van der Waals surface area contributed by atoms with Crippen molar-refractivity contribution in [3.8, 4) is 0 Å². The fourth-order valence-electron chi connectivity index (χ4n) is 1.63. The highest BCUT2D eigenvalue weighted by Crippen LogP contribution is 2.22. The minimum absolute atomic E-state index is 0.0403. The standard InChI is InChI=1S/C13H27BrO5Si/c1-6-17-20(18-7-2,19-8-3)10-12(14)9-16-13(15)11(4)5/h11-12H,6-10H2,1-5H3. The van der Waals surface area contributed by atoms with Crippen LogP contribution in [0, 0.1) is 5.92 Å². The molecule has 0 aliphatic carbocycles. The summed E-state index contributed by atoms with van der Waals surface area (Å²) < 4.78 is 22.5. The molecule has 0 radical (unpaired) electrons. The minimum atomic E-state index is -2.70. The predicted molar refractivity (Wildman–Crippen MR) is 84.0 cm³/mol. The van der Waals surface area contributed by atoms with Gasteiger partial charge < -0.3 is 18.0 Å². The van der Waals surface area contributed by atoms with Crippen LogP contribution in [0.3, 0.4) is 0 Å². The molecular formula is C13H27BrO5Si. The maximum Gasteiger partial charge on any atom is 0.502 e. The van der Waals surface area contributed by atoms with Crippen LogP contribution < -0.4 is 0 Å². The van der Waals surface area contributed by atoms with E-state index in [1.807, 2.05) is 34.6 Å². The molecule has 0 spiro atoms. The van der Waals surface area contributed by atoms with Crippen molar-refractivity contribution in [2.45, 2.75) is 45.5 Å². The number of hydrogen-bond donors (Lipinski definition) is 0. The van der Waals surface area contributed by atoms with Gasteiger partial charge in [-0.3, -0.25) is 4.79 Å². The Morgan fingerprint density at radius 1 is 1.05 bits per heavy atom. The summed E-state index contributed by atoms with van der Waals surface area (Å²) in [4.78, 5) is 11.4. The van der Waals surface area contributed by atoms with Crippen LogP contribution in [0.1, 0.15) is 34.6 Å². The highest BCUT2D eigenvalue weighted by Gasteiger charge is 2.42. The third kappa shape index (κ3) is 7.73. The first-order chi connectivity index (χ1) is 9.40. The molecule has 0 aromatic heterocycles. The number of esters is 1. The van der Waals surface area contributed by atoms with Gasteiger partial charge in [-0.2, -0.15) is 0 Å². The Labute approximate surface area is 131 Å². The number of rotatable bonds is 11. The highest BCUT2D eigenvalue weighted by molar-refractivity contribution is 9.09. The third-order valence-electron chi connectivity index (χ3n) is 2.44. The molecule has 0 aliphatic heterocycles. The Bertz CT molecular complexity index is 258. The molecule has 0 aliphatic rings. The Balaban J connectivity index is 4.50. The van der Waals surface area contributed by atoms with E-state index in [0.29, 0.717) is 32.5 Å². The van der Waals surface area contributed by atoms with Gasteiger partial charge in [-0.15, -0.1) is 0 Å². The quantitative estimate of drug-likeness (QED) is 0.318. The van der Waals surface area contributed by atoms with E-state index in [2.05, 4.69) is 15.9 Å². The van der Waals surface area contributed by atoms with Crippen molar-refractivity contribution < 1.29 is 22.8 Å². The summed E-state index contributed by atoms with van der Waals surface area (Å²) >= 11 is 3.52. The molecule has 5 nitrogen and oxygen atoms in total. The number of ether oxygens (including phenoxy) is 1. The van der Waals surface area contributed by atoms with Crippen molar-refractivity contribution in [1.29, 1.82) is 0 Å². The lowest BCUT2D eigenvalue weighted by atomic mass is 10.2. The molecule has 0 heterocycles. The monoisotopic (exact) mass is 370 g/mol. The van der Waals surface area contributed by atoms with E-state index in [-0.39, 0.29) is 16.7 Å². The normalized spacial score (nSPS) is 13.6. The van der Waals surface area contributed by atoms with Crippen LogP contribution in [0.5, 0.6) is 0 Å². The lowest BCUT2D eigenvalue weighted by Crippen LogP contribution is -2.48. The fourth-order valence-corrected chi connectivity index (χ4v) is 5.54. The van der Waals surface area contributed by atoms with E-state index in [4.69, 9.17) is 18.0 Å². The second kappa shape index (κ2) is 10.7. The van der Waals surface area contributed by atoms with Crippen molar-refractivity contribution in [1.82, 2.24) is 0 Å². The predicted octanol–water partition coefficient (Wildman–Crippen LogP) is 3.00. The molecule has 0 saturated heterocycles. The van der Waals surface area contributed by atoms with Gasteiger partial charge in [0.1, 0.15) is 6.61 Å². The molecule has 0 rings (SSSR count). The Morgan fingerprint density at radius 2 is 1.50 bits per heavy atom. The molecule has 0 aromatic carbocycles. The van der Waals surface area contributed by atoms with Crippen LogP contribution in [0.2, 0.25) is 6.04 Å². The number of hydrogen-bond acceptors (Lipinski definition) is 5. The fraction of sp³-hybridized carbons (Fsp3) is 0.923. The minimum Gasteiger partial charge on any atom is -0.464 e. The van der Waals surface area contributed by atoms with Crippen molar-refractivity contribution in [3.63, 3.8) is 0 Å². The van der Waals surface area contributed by atoms with Crippen molar-refractivity contribution in [3.05, 3.63) is 0 Å². The molecule has 1 unspecified atom stereocenters. The van der Waals surface area contributed by atoms with Crippen molar-refractivity contribution >= 4 is 30.7 Å². The lowest BCUT2D eigenvalue weighted by Gasteiger charge is -2.30. The van der Waals surface area contributed by atoms with Crippen LogP contribution in [0.4, 0.5) is 0 Å². The van der Waals surface area contributed by atoms with Gasteiger partial charge in [0.05, 0.1) is 10.7 Å². The molecule has 120 valence electrons. The van der Waals surface area contributed by atoms with Crippen LogP contribution >= 0.6 is 15.9 Å². The highest BCUT2D eigenvalue weighted by atomic mass is 79.9. The summed E-state index contributed by atoms with van der Waals surface area (Å²) in [6, 6.07) is 0.577. The molecule has 7 heteroatoms. The van der Waals surface area contributed by atoms with Crippen LogP contribution in [0.15, 0.2) is 0 Å². The van der Waals surface area contributed by atoms with E-state index >= 15 is 0 Å². The van der Waals surface area contributed by atoms with Gasteiger partial charge in [-0.05, 0) is 20.8 Å². The number of halogens is 1. The molecule has 0 fully saturated rings. The lowest BCUT2D eigenvalue weighted by molar-refractivity contribution is -0.147. The molecule has 0 bridgehead atoms. The molecular weight excluding hydrogens is 344 g/mol. The van der Waals surface area contributed by atoms with E-state index in [0.717, 1.165) is 0 Å². The summed E-state index contributed by atoms with van der Waals surface area (Å²) in [6.45, 7) is 11.3. The average molecular weight is 371 g/mol. The maximum absolute atomic E-state index is 11.5. The molecule has 0 saturated carbocycles. The maximum atomic E-state index is 11.5. The molecule has 1 atom stereocenters. The van der Waals surface area contributed by atoms with Crippen molar-refractivity contribution in [2.75, 3.05) is 26.4 Å². The first-order valence-electron chi connectivity index (χ1n) is 7.13. The van der Waals surface area contributed by atoms with E-state index in [1.165, 1.54) is 0 Å². The van der Waals surface area contributed by atoms with Crippen molar-refractivity contribution in [2.24, 2.45) is 5.92 Å². The second-order valence-electron chi connectivity index (χ2n) is 4.57. The topological polar surface area (TPSA) is 54.0 Å². The smallest absolute Gasteiger partial charge is 0.464 e. The Kier molecular flexibility index (Phi) is 10.8. The SMILES string of the molecule is CCO[Si](CC(Br)COC(=O)C(C)C)(OCC)OCC. The zero-order valence-electron chi connectivity index (χ0n) is 13.1. The third-order valence-corrected chi connectivity index (χ3v) is 6.81. The van der Waals surface area contributed by atoms with Gasteiger partial charge in [0.15, 0.2) is 0 Å². The van der Waals surface area contributed by atoms with Gasteiger partial charge in [0.2, 0.25) is 0 Å². The molecule has 0 aromatic rings. The number of carbonyl (C=O) groups is 1. The van der Waals surface area contributed by atoms with Crippen LogP contribution in [-0.4, -0.2) is 46.0 Å². The number of alkyl halides is 1. The van der Waals surface area contributed by atoms with Gasteiger partial charge in [-0.1, -0.05) is 29.8 Å². The average Bonchev–Trinajstić information content (AvgIpc) is 2.36. The van der Waals surface area contributed by atoms with Gasteiger partial charge in [0.25, 0.3) is 0 Å². The Hall–Kier alpha value is 0.0469. The van der Waals surface area contributed by atoms with E-state index < -0.39 is 8.80 Å². The van der Waals surface area contributed by atoms with Gasteiger partial charge >= 0.3 is 14.8 Å². The summed E-state index contributed by atoms with van der Waals surface area (Å²) in [5, 5.41) is 0. The first-order valence-corrected chi connectivity index (χ1v) is 9.98. The largest absolute Gasteiger partial charge is 0.502 e. The molecule has 0 N–H and O–H groups in total. The Morgan fingerprint density at radius 3 is 1.85 bits per heavy atom.